The van der Waals surface area contributed by atoms with E-state index in [1.165, 1.54) is 0 Å². The molecule has 1 aliphatic heterocycles. The second-order valence-electron chi connectivity index (χ2n) is 6.23. The second kappa shape index (κ2) is 9.01. The van der Waals surface area contributed by atoms with Crippen molar-refractivity contribution in [1.82, 2.24) is 15.5 Å². The minimum atomic E-state index is -0.425. The fraction of sp³-hybridized carbons (Fsp3) is 0.875. The lowest BCUT2D eigenvalue weighted by Crippen LogP contribution is -2.44. The molecule has 1 fully saturated rings. The summed E-state index contributed by atoms with van der Waals surface area (Å²) < 4.78 is 0. The van der Waals surface area contributed by atoms with Crippen molar-refractivity contribution in [2.24, 2.45) is 5.92 Å². The average Bonchev–Trinajstić information content (AvgIpc) is 2.52. The zero-order chi connectivity index (χ0) is 15.7. The standard InChI is InChI=1S/C16H30N4O/c1-4-9-19-16(2,13-17)8-6-11-20-10-5-7-14(12-20)15(21)18-3/h14,19H,4-12H2,1-3H3,(H,18,21). The molecule has 1 amide bonds. The van der Waals surface area contributed by atoms with Gasteiger partial charge in [0.1, 0.15) is 5.54 Å². The van der Waals surface area contributed by atoms with Gasteiger partial charge in [-0.2, -0.15) is 5.26 Å². The molecule has 120 valence electrons. The molecular formula is C16H30N4O. The van der Waals surface area contributed by atoms with Crippen molar-refractivity contribution >= 4 is 5.91 Å². The topological polar surface area (TPSA) is 68.2 Å². The summed E-state index contributed by atoms with van der Waals surface area (Å²) in [5, 5.41) is 15.4. The van der Waals surface area contributed by atoms with E-state index in [0.717, 1.165) is 58.3 Å². The van der Waals surface area contributed by atoms with Crippen LogP contribution >= 0.6 is 0 Å². The molecule has 1 saturated heterocycles. The van der Waals surface area contributed by atoms with Crippen LogP contribution < -0.4 is 10.6 Å². The predicted octanol–water partition coefficient (Wildman–Crippen LogP) is 1.51. The Labute approximate surface area is 129 Å². The van der Waals surface area contributed by atoms with Gasteiger partial charge in [0.15, 0.2) is 0 Å². The molecule has 0 radical (unpaired) electrons. The van der Waals surface area contributed by atoms with E-state index in [1.807, 2.05) is 6.92 Å². The molecule has 0 spiro atoms. The predicted molar refractivity (Wildman–Crippen MR) is 84.8 cm³/mol. The van der Waals surface area contributed by atoms with Gasteiger partial charge in [-0.05, 0) is 58.7 Å². The molecule has 2 atom stereocenters. The molecule has 0 aliphatic carbocycles. The molecule has 0 aromatic heterocycles. The van der Waals surface area contributed by atoms with Crippen molar-refractivity contribution in [2.45, 2.75) is 51.5 Å². The van der Waals surface area contributed by atoms with Crippen LogP contribution in [0.4, 0.5) is 0 Å². The molecule has 0 saturated carbocycles. The SMILES string of the molecule is CCCNC(C)(C#N)CCCN1CCCC(C(=O)NC)C1. The van der Waals surface area contributed by atoms with Gasteiger partial charge in [0.2, 0.25) is 5.91 Å². The lowest BCUT2D eigenvalue weighted by molar-refractivity contribution is -0.126. The van der Waals surface area contributed by atoms with E-state index in [-0.39, 0.29) is 11.8 Å². The fourth-order valence-corrected chi connectivity index (χ4v) is 2.92. The van der Waals surface area contributed by atoms with Crippen LogP contribution in [0.25, 0.3) is 0 Å². The van der Waals surface area contributed by atoms with Gasteiger partial charge in [-0.1, -0.05) is 6.92 Å². The Morgan fingerprint density at radius 1 is 1.52 bits per heavy atom. The van der Waals surface area contributed by atoms with Crippen molar-refractivity contribution in [3.8, 4) is 6.07 Å². The van der Waals surface area contributed by atoms with Crippen LogP contribution in [0.5, 0.6) is 0 Å². The highest BCUT2D eigenvalue weighted by molar-refractivity contribution is 5.78. The molecule has 0 aromatic rings. The van der Waals surface area contributed by atoms with Gasteiger partial charge in [-0.15, -0.1) is 0 Å². The van der Waals surface area contributed by atoms with E-state index < -0.39 is 5.54 Å². The Morgan fingerprint density at radius 3 is 2.90 bits per heavy atom. The first-order valence-corrected chi connectivity index (χ1v) is 8.15. The minimum Gasteiger partial charge on any atom is -0.359 e. The Hall–Kier alpha value is -1.12. The molecule has 21 heavy (non-hydrogen) atoms. The van der Waals surface area contributed by atoms with Gasteiger partial charge < -0.3 is 10.2 Å². The van der Waals surface area contributed by atoms with E-state index in [1.54, 1.807) is 7.05 Å². The first kappa shape index (κ1) is 17.9. The molecule has 2 unspecified atom stereocenters. The molecule has 1 heterocycles. The summed E-state index contributed by atoms with van der Waals surface area (Å²) >= 11 is 0. The normalized spacial score (nSPS) is 22.3. The summed E-state index contributed by atoms with van der Waals surface area (Å²) in [5.74, 6) is 0.287. The van der Waals surface area contributed by atoms with Crippen LogP contribution in [0.1, 0.15) is 46.0 Å². The largest absolute Gasteiger partial charge is 0.359 e. The number of likely N-dealkylation sites (tertiary alicyclic amines) is 1. The molecule has 2 N–H and O–H groups in total. The zero-order valence-corrected chi connectivity index (χ0v) is 13.7. The lowest BCUT2D eigenvalue weighted by Gasteiger charge is -2.32. The van der Waals surface area contributed by atoms with E-state index in [0.29, 0.717) is 0 Å². The number of nitriles is 1. The summed E-state index contributed by atoms with van der Waals surface area (Å²) in [6, 6.07) is 2.39. The van der Waals surface area contributed by atoms with E-state index in [4.69, 9.17) is 0 Å². The smallest absolute Gasteiger partial charge is 0.224 e. The van der Waals surface area contributed by atoms with Crippen molar-refractivity contribution < 1.29 is 4.79 Å². The van der Waals surface area contributed by atoms with Crippen LogP contribution in [0.2, 0.25) is 0 Å². The number of piperidine rings is 1. The molecule has 5 heteroatoms. The third-order valence-electron chi connectivity index (χ3n) is 4.29. The van der Waals surface area contributed by atoms with Crippen molar-refractivity contribution in [1.29, 1.82) is 5.26 Å². The van der Waals surface area contributed by atoms with Crippen LogP contribution in [-0.4, -0.2) is 49.6 Å². The number of hydrogen-bond donors (Lipinski definition) is 2. The summed E-state index contributed by atoms with van der Waals surface area (Å²) in [5.41, 5.74) is -0.425. The van der Waals surface area contributed by atoms with Crippen molar-refractivity contribution in [3.63, 3.8) is 0 Å². The zero-order valence-electron chi connectivity index (χ0n) is 13.7. The number of nitrogens with zero attached hydrogens (tertiary/aromatic N) is 2. The maximum absolute atomic E-state index is 11.7. The summed E-state index contributed by atoms with van der Waals surface area (Å²) in [7, 11) is 1.71. The highest BCUT2D eigenvalue weighted by Gasteiger charge is 2.26. The number of carbonyl (C=O) groups excluding carboxylic acids is 1. The lowest BCUT2D eigenvalue weighted by atomic mass is 9.95. The van der Waals surface area contributed by atoms with Gasteiger partial charge in [-0.25, -0.2) is 0 Å². The Morgan fingerprint density at radius 2 is 2.29 bits per heavy atom. The molecule has 1 aliphatic rings. The Kier molecular flexibility index (Phi) is 7.69. The summed E-state index contributed by atoms with van der Waals surface area (Å²) in [4.78, 5) is 14.1. The highest BCUT2D eigenvalue weighted by Crippen LogP contribution is 2.18. The van der Waals surface area contributed by atoms with Crippen LogP contribution in [0, 0.1) is 17.2 Å². The number of rotatable bonds is 8. The Balaban J connectivity index is 2.34. The monoisotopic (exact) mass is 294 g/mol. The Bertz CT molecular complexity index is 366. The van der Waals surface area contributed by atoms with E-state index in [9.17, 15) is 10.1 Å². The third-order valence-corrected chi connectivity index (χ3v) is 4.29. The van der Waals surface area contributed by atoms with E-state index in [2.05, 4.69) is 28.5 Å². The average molecular weight is 294 g/mol. The molecular weight excluding hydrogens is 264 g/mol. The van der Waals surface area contributed by atoms with Gasteiger partial charge in [0.05, 0.1) is 12.0 Å². The molecule has 0 bridgehead atoms. The maximum atomic E-state index is 11.7. The van der Waals surface area contributed by atoms with Crippen molar-refractivity contribution in [3.05, 3.63) is 0 Å². The second-order valence-corrected chi connectivity index (χ2v) is 6.23. The van der Waals surface area contributed by atoms with Crippen LogP contribution in [-0.2, 0) is 4.79 Å². The third kappa shape index (κ3) is 6.03. The number of amides is 1. The first-order valence-electron chi connectivity index (χ1n) is 8.15. The number of hydrogen-bond acceptors (Lipinski definition) is 4. The maximum Gasteiger partial charge on any atom is 0.224 e. The molecule has 5 nitrogen and oxygen atoms in total. The minimum absolute atomic E-state index is 0.129. The first-order chi connectivity index (χ1) is 10.0. The van der Waals surface area contributed by atoms with Gasteiger partial charge >= 0.3 is 0 Å². The molecule has 1 rings (SSSR count). The number of carbonyl (C=O) groups is 1. The highest BCUT2D eigenvalue weighted by atomic mass is 16.1. The van der Waals surface area contributed by atoms with Gasteiger partial charge in [-0.3, -0.25) is 10.1 Å². The molecule has 0 aromatic carbocycles. The van der Waals surface area contributed by atoms with Gasteiger partial charge in [0.25, 0.3) is 0 Å². The van der Waals surface area contributed by atoms with Crippen LogP contribution in [0.15, 0.2) is 0 Å². The van der Waals surface area contributed by atoms with Gasteiger partial charge in [0, 0.05) is 13.6 Å². The number of nitrogens with one attached hydrogen (secondary N) is 2. The van der Waals surface area contributed by atoms with Crippen LogP contribution in [0.3, 0.4) is 0 Å². The quantitative estimate of drug-likeness (QED) is 0.712. The van der Waals surface area contributed by atoms with E-state index >= 15 is 0 Å². The fourth-order valence-electron chi connectivity index (χ4n) is 2.92. The summed E-state index contributed by atoms with van der Waals surface area (Å²) in [6.45, 7) is 7.86. The summed E-state index contributed by atoms with van der Waals surface area (Å²) in [6.07, 6.45) is 4.95. The van der Waals surface area contributed by atoms with Crippen molar-refractivity contribution in [2.75, 3.05) is 33.2 Å².